The number of rotatable bonds is 3. The molecule has 1 aromatic carbocycles. The molecular weight excluding hydrogens is 222 g/mol. The molecule has 92 valence electrons. The molecule has 0 N–H and O–H groups in total. The summed E-state index contributed by atoms with van der Waals surface area (Å²) in [5.74, 6) is -1.12. The number of halogens is 2. The van der Waals surface area contributed by atoms with Crippen LogP contribution in [0.5, 0.6) is 0 Å². The van der Waals surface area contributed by atoms with E-state index in [9.17, 15) is 8.78 Å². The number of benzene rings is 1. The average molecular weight is 238 g/mol. The topological polar surface area (TPSA) is 27.0 Å². The highest BCUT2D eigenvalue weighted by atomic mass is 19.1. The van der Waals surface area contributed by atoms with Crippen molar-refractivity contribution >= 4 is 5.69 Å². The van der Waals surface area contributed by atoms with Gasteiger partial charge in [-0.3, -0.25) is 0 Å². The van der Waals surface area contributed by atoms with Crippen molar-refractivity contribution in [2.75, 3.05) is 11.9 Å². The van der Waals surface area contributed by atoms with Gasteiger partial charge in [0.1, 0.15) is 5.69 Å². The molecule has 1 rings (SSSR count). The van der Waals surface area contributed by atoms with Crippen LogP contribution in [0.2, 0.25) is 0 Å². The van der Waals surface area contributed by atoms with Gasteiger partial charge in [0.2, 0.25) is 0 Å². The van der Waals surface area contributed by atoms with Gasteiger partial charge in [0.05, 0.1) is 11.6 Å². The lowest BCUT2D eigenvalue weighted by Gasteiger charge is -2.30. The molecule has 2 nitrogen and oxygen atoms in total. The van der Waals surface area contributed by atoms with Crippen LogP contribution in [-0.4, -0.2) is 13.1 Å². The molecule has 0 fully saturated rings. The smallest absolute Gasteiger partial charge is 0.150 e. The second kappa shape index (κ2) is 5.13. The standard InChI is InChI=1S/C13H16F2N2/c1-8(2)9(3)17(4)13-11(14)5-10(7-16)6-12(13)15/h5-6,8-9H,1-4H3. The maximum absolute atomic E-state index is 13.7. The zero-order chi connectivity index (χ0) is 13.2. The molecule has 17 heavy (non-hydrogen) atoms. The summed E-state index contributed by atoms with van der Waals surface area (Å²) in [7, 11) is 1.65. The Hall–Kier alpha value is -1.63. The first-order valence-corrected chi connectivity index (χ1v) is 5.50. The van der Waals surface area contributed by atoms with Gasteiger partial charge in [-0.2, -0.15) is 5.26 Å². The second-order valence-corrected chi connectivity index (χ2v) is 4.50. The third kappa shape index (κ3) is 2.73. The predicted molar refractivity (Wildman–Crippen MR) is 63.8 cm³/mol. The quantitative estimate of drug-likeness (QED) is 0.807. The minimum absolute atomic E-state index is 0.00523. The van der Waals surface area contributed by atoms with Gasteiger partial charge in [0.25, 0.3) is 0 Å². The molecule has 0 saturated heterocycles. The molecule has 0 spiro atoms. The van der Waals surface area contributed by atoms with Gasteiger partial charge >= 0.3 is 0 Å². The highest BCUT2D eigenvalue weighted by molar-refractivity contribution is 5.52. The normalized spacial score (nSPS) is 12.4. The van der Waals surface area contributed by atoms with E-state index in [1.54, 1.807) is 18.0 Å². The molecule has 4 heteroatoms. The van der Waals surface area contributed by atoms with E-state index in [4.69, 9.17) is 5.26 Å². The fourth-order valence-electron chi connectivity index (χ4n) is 1.62. The van der Waals surface area contributed by atoms with Gasteiger partial charge in [-0.1, -0.05) is 13.8 Å². The number of hydrogen-bond donors (Lipinski definition) is 0. The van der Waals surface area contributed by atoms with E-state index in [0.717, 1.165) is 12.1 Å². The molecule has 0 radical (unpaired) electrons. The van der Waals surface area contributed by atoms with Gasteiger partial charge in [-0.25, -0.2) is 8.78 Å². The van der Waals surface area contributed by atoms with E-state index in [-0.39, 0.29) is 23.2 Å². The van der Waals surface area contributed by atoms with Gasteiger partial charge in [-0.15, -0.1) is 0 Å². The lowest BCUT2D eigenvalue weighted by Crippen LogP contribution is -2.34. The van der Waals surface area contributed by atoms with Crippen molar-refractivity contribution in [3.05, 3.63) is 29.3 Å². The molecule has 0 aromatic heterocycles. The maximum Gasteiger partial charge on any atom is 0.150 e. The predicted octanol–water partition coefficient (Wildman–Crippen LogP) is 3.32. The van der Waals surface area contributed by atoms with Crippen LogP contribution in [-0.2, 0) is 0 Å². The van der Waals surface area contributed by atoms with E-state index in [2.05, 4.69) is 0 Å². The Morgan fingerprint density at radius 2 is 1.65 bits per heavy atom. The summed E-state index contributed by atoms with van der Waals surface area (Å²) in [4.78, 5) is 1.57. The summed E-state index contributed by atoms with van der Waals surface area (Å²) in [6.07, 6.45) is 0. The highest BCUT2D eigenvalue weighted by Gasteiger charge is 2.21. The molecule has 0 saturated carbocycles. The Morgan fingerprint density at radius 1 is 1.18 bits per heavy atom. The van der Waals surface area contributed by atoms with Crippen LogP contribution < -0.4 is 4.90 Å². The number of anilines is 1. The van der Waals surface area contributed by atoms with Crippen LogP contribution in [0.4, 0.5) is 14.5 Å². The van der Waals surface area contributed by atoms with E-state index in [1.807, 2.05) is 20.8 Å². The van der Waals surface area contributed by atoms with Crippen molar-refractivity contribution < 1.29 is 8.78 Å². The first kappa shape index (κ1) is 13.4. The lowest BCUT2D eigenvalue weighted by molar-refractivity contribution is 0.486. The molecule has 0 amide bonds. The summed E-state index contributed by atoms with van der Waals surface area (Å²) >= 11 is 0. The van der Waals surface area contributed by atoms with Crippen molar-refractivity contribution in [1.82, 2.24) is 0 Å². The Morgan fingerprint density at radius 3 is 2.00 bits per heavy atom. The van der Waals surface area contributed by atoms with Crippen molar-refractivity contribution in [2.45, 2.75) is 26.8 Å². The zero-order valence-corrected chi connectivity index (χ0v) is 10.5. The Kier molecular flexibility index (Phi) is 4.06. The van der Waals surface area contributed by atoms with Crippen LogP contribution in [0.3, 0.4) is 0 Å². The van der Waals surface area contributed by atoms with Crippen LogP contribution >= 0.6 is 0 Å². The summed E-state index contributed by atoms with van der Waals surface area (Å²) in [6.45, 7) is 5.88. The van der Waals surface area contributed by atoms with Crippen LogP contribution in [0, 0.1) is 28.9 Å². The van der Waals surface area contributed by atoms with E-state index in [0.29, 0.717) is 0 Å². The van der Waals surface area contributed by atoms with Gasteiger partial charge < -0.3 is 4.90 Å². The zero-order valence-electron chi connectivity index (χ0n) is 10.5. The molecule has 0 aliphatic rings. The summed E-state index contributed by atoms with van der Waals surface area (Å²) in [5.41, 5.74) is -0.0837. The van der Waals surface area contributed by atoms with Crippen molar-refractivity contribution in [2.24, 2.45) is 5.92 Å². The molecule has 0 bridgehead atoms. The Bertz CT molecular complexity index is 426. The largest absolute Gasteiger partial charge is 0.367 e. The maximum atomic E-state index is 13.7. The molecule has 0 aliphatic heterocycles. The Balaban J connectivity index is 3.19. The van der Waals surface area contributed by atoms with E-state index >= 15 is 0 Å². The molecule has 1 unspecified atom stereocenters. The monoisotopic (exact) mass is 238 g/mol. The van der Waals surface area contributed by atoms with Crippen LogP contribution in [0.1, 0.15) is 26.3 Å². The van der Waals surface area contributed by atoms with E-state index in [1.165, 1.54) is 0 Å². The summed E-state index contributed by atoms with van der Waals surface area (Å²) in [5, 5.41) is 8.62. The van der Waals surface area contributed by atoms with Crippen LogP contribution in [0.15, 0.2) is 12.1 Å². The lowest BCUT2D eigenvalue weighted by atomic mass is 10.0. The third-order valence-electron chi connectivity index (χ3n) is 3.07. The number of nitrogens with zero attached hydrogens (tertiary/aromatic N) is 2. The molecule has 0 heterocycles. The van der Waals surface area contributed by atoms with Crippen molar-refractivity contribution in [3.8, 4) is 6.07 Å². The SMILES string of the molecule is CC(C)C(C)N(C)c1c(F)cc(C#N)cc1F. The van der Waals surface area contributed by atoms with Gasteiger partial charge in [-0.05, 0) is 25.0 Å². The van der Waals surface area contributed by atoms with E-state index < -0.39 is 11.6 Å². The Labute approximate surface area is 100 Å². The van der Waals surface area contributed by atoms with Gasteiger partial charge in [0.15, 0.2) is 11.6 Å². The third-order valence-corrected chi connectivity index (χ3v) is 3.07. The van der Waals surface area contributed by atoms with Crippen molar-refractivity contribution in [3.63, 3.8) is 0 Å². The van der Waals surface area contributed by atoms with Gasteiger partial charge in [0, 0.05) is 13.1 Å². The highest BCUT2D eigenvalue weighted by Crippen LogP contribution is 2.27. The van der Waals surface area contributed by atoms with Crippen LogP contribution in [0.25, 0.3) is 0 Å². The minimum atomic E-state index is -0.698. The fourth-order valence-corrected chi connectivity index (χ4v) is 1.62. The minimum Gasteiger partial charge on any atom is -0.367 e. The molecule has 1 atom stereocenters. The average Bonchev–Trinajstić information content (AvgIpc) is 2.26. The summed E-state index contributed by atoms with van der Waals surface area (Å²) in [6, 6.07) is 3.85. The van der Waals surface area contributed by atoms with Crippen molar-refractivity contribution in [1.29, 1.82) is 5.26 Å². The molecule has 1 aromatic rings. The number of hydrogen-bond acceptors (Lipinski definition) is 2. The fraction of sp³-hybridized carbons (Fsp3) is 0.462. The first-order chi connectivity index (χ1) is 7.88. The second-order valence-electron chi connectivity index (χ2n) is 4.50. The first-order valence-electron chi connectivity index (χ1n) is 5.50. The molecule has 0 aliphatic carbocycles. The number of nitriles is 1. The summed E-state index contributed by atoms with van der Waals surface area (Å²) < 4.78 is 27.5. The molecular formula is C13H16F2N2.